The van der Waals surface area contributed by atoms with Crippen molar-refractivity contribution in [3.8, 4) is 11.4 Å². The molecule has 0 fully saturated rings. The highest BCUT2D eigenvalue weighted by atomic mass is 35.5. The first-order valence-electron chi connectivity index (χ1n) is 5.61. The van der Waals surface area contributed by atoms with Crippen molar-refractivity contribution in [3.63, 3.8) is 0 Å². The normalized spacial score (nSPS) is 10.7. The van der Waals surface area contributed by atoms with E-state index in [2.05, 4.69) is 9.97 Å². The van der Waals surface area contributed by atoms with Crippen molar-refractivity contribution >= 4 is 17.4 Å². The second-order valence-corrected chi connectivity index (χ2v) is 4.39. The molecule has 2 aromatic rings. The van der Waals surface area contributed by atoms with Gasteiger partial charge in [-0.25, -0.2) is 14.4 Å². The summed E-state index contributed by atoms with van der Waals surface area (Å²) in [5.41, 5.74) is 8.17. The number of nitrogens with two attached hydrogens (primary N) is 1. The fraction of sp³-hybridized carbons (Fsp3) is 0.231. The second-order valence-electron chi connectivity index (χ2n) is 3.98. The molecule has 0 aliphatic rings. The predicted molar refractivity (Wildman–Crippen MR) is 71.0 cm³/mol. The van der Waals surface area contributed by atoms with Gasteiger partial charge in [0, 0.05) is 16.8 Å². The lowest BCUT2D eigenvalue weighted by Gasteiger charge is -2.09. The maximum atomic E-state index is 13.4. The standard InChI is InChI=1S/C13H13ClFN3/c1-3-9-7(2)17-13(18-12(9)16)8-4-5-10(14)11(15)6-8/h4-6H,3H2,1-2H3,(H2,16,17,18). The summed E-state index contributed by atoms with van der Waals surface area (Å²) in [4.78, 5) is 8.55. The second kappa shape index (κ2) is 4.90. The van der Waals surface area contributed by atoms with Crippen LogP contribution in [0.15, 0.2) is 18.2 Å². The Morgan fingerprint density at radius 2 is 2.06 bits per heavy atom. The Bertz CT molecular complexity index is 576. The number of hydrogen-bond acceptors (Lipinski definition) is 3. The van der Waals surface area contributed by atoms with Crippen molar-refractivity contribution < 1.29 is 4.39 Å². The fourth-order valence-electron chi connectivity index (χ4n) is 1.82. The van der Waals surface area contributed by atoms with Crippen LogP contribution in [0.2, 0.25) is 5.02 Å². The minimum absolute atomic E-state index is 0.0774. The molecule has 3 nitrogen and oxygen atoms in total. The molecule has 0 amide bonds. The quantitative estimate of drug-likeness (QED) is 0.906. The van der Waals surface area contributed by atoms with Crippen LogP contribution in [0.4, 0.5) is 10.2 Å². The first-order chi connectivity index (χ1) is 8.52. The van der Waals surface area contributed by atoms with E-state index in [-0.39, 0.29) is 5.02 Å². The molecule has 94 valence electrons. The molecule has 18 heavy (non-hydrogen) atoms. The van der Waals surface area contributed by atoms with E-state index in [9.17, 15) is 4.39 Å². The van der Waals surface area contributed by atoms with E-state index in [4.69, 9.17) is 17.3 Å². The molecule has 0 radical (unpaired) electrons. The SMILES string of the molecule is CCc1c(C)nc(-c2ccc(Cl)c(F)c2)nc1N. The van der Waals surface area contributed by atoms with Gasteiger partial charge in [-0.2, -0.15) is 0 Å². The molecule has 0 spiro atoms. The molecule has 0 atom stereocenters. The lowest BCUT2D eigenvalue weighted by molar-refractivity contribution is 0.628. The molecule has 2 N–H and O–H groups in total. The number of hydrogen-bond donors (Lipinski definition) is 1. The number of aryl methyl sites for hydroxylation is 1. The Hall–Kier alpha value is -1.68. The molecule has 0 bridgehead atoms. The first kappa shape index (κ1) is 12.8. The molecule has 0 saturated heterocycles. The smallest absolute Gasteiger partial charge is 0.161 e. The van der Waals surface area contributed by atoms with Crippen LogP contribution in [0.25, 0.3) is 11.4 Å². The Kier molecular flexibility index (Phi) is 3.48. The van der Waals surface area contributed by atoms with E-state index in [0.29, 0.717) is 17.2 Å². The summed E-state index contributed by atoms with van der Waals surface area (Å²) in [6.45, 7) is 3.86. The maximum absolute atomic E-state index is 13.4. The van der Waals surface area contributed by atoms with Crippen LogP contribution in [-0.4, -0.2) is 9.97 Å². The first-order valence-corrected chi connectivity index (χ1v) is 5.99. The van der Waals surface area contributed by atoms with E-state index in [0.717, 1.165) is 17.7 Å². The molecule has 1 heterocycles. The zero-order chi connectivity index (χ0) is 13.3. The van der Waals surface area contributed by atoms with E-state index in [1.165, 1.54) is 12.1 Å². The zero-order valence-corrected chi connectivity index (χ0v) is 10.9. The van der Waals surface area contributed by atoms with Crippen molar-refractivity contribution in [1.29, 1.82) is 0 Å². The molecular formula is C13H13ClFN3. The van der Waals surface area contributed by atoms with Crippen LogP contribution >= 0.6 is 11.6 Å². The van der Waals surface area contributed by atoms with Gasteiger partial charge in [0.25, 0.3) is 0 Å². The third kappa shape index (κ3) is 2.29. The van der Waals surface area contributed by atoms with Gasteiger partial charge in [0.05, 0.1) is 5.02 Å². The van der Waals surface area contributed by atoms with Crippen LogP contribution < -0.4 is 5.73 Å². The monoisotopic (exact) mass is 265 g/mol. The largest absolute Gasteiger partial charge is 0.383 e. The molecule has 0 aliphatic carbocycles. The van der Waals surface area contributed by atoms with E-state index in [1.807, 2.05) is 13.8 Å². The van der Waals surface area contributed by atoms with E-state index < -0.39 is 5.82 Å². The topological polar surface area (TPSA) is 51.8 Å². The lowest BCUT2D eigenvalue weighted by atomic mass is 10.1. The van der Waals surface area contributed by atoms with Gasteiger partial charge >= 0.3 is 0 Å². The van der Waals surface area contributed by atoms with Crippen LogP contribution in [0.5, 0.6) is 0 Å². The minimum atomic E-state index is -0.492. The molecule has 1 aromatic carbocycles. The van der Waals surface area contributed by atoms with Gasteiger partial charge in [0.2, 0.25) is 0 Å². The summed E-state index contributed by atoms with van der Waals surface area (Å²) in [7, 11) is 0. The molecule has 0 unspecified atom stereocenters. The van der Waals surface area contributed by atoms with Crippen LogP contribution in [0.1, 0.15) is 18.2 Å². The van der Waals surface area contributed by atoms with Gasteiger partial charge in [-0.3, -0.25) is 0 Å². The number of aromatic nitrogens is 2. The van der Waals surface area contributed by atoms with E-state index >= 15 is 0 Å². The molecule has 2 rings (SSSR count). The highest BCUT2D eigenvalue weighted by Crippen LogP contribution is 2.24. The van der Waals surface area contributed by atoms with Crippen molar-refractivity contribution in [1.82, 2.24) is 9.97 Å². The van der Waals surface area contributed by atoms with Crippen molar-refractivity contribution in [2.75, 3.05) is 5.73 Å². The Balaban J connectivity index is 2.54. The van der Waals surface area contributed by atoms with Gasteiger partial charge in [-0.1, -0.05) is 18.5 Å². The maximum Gasteiger partial charge on any atom is 0.161 e. The Morgan fingerprint density at radius 3 is 2.61 bits per heavy atom. The summed E-state index contributed by atoms with van der Waals surface area (Å²) in [6, 6.07) is 4.46. The predicted octanol–water partition coefficient (Wildman–Crippen LogP) is 3.39. The Labute approximate surface area is 110 Å². The fourth-order valence-corrected chi connectivity index (χ4v) is 1.94. The third-order valence-corrected chi connectivity index (χ3v) is 3.08. The average Bonchev–Trinajstić information content (AvgIpc) is 2.32. The third-order valence-electron chi connectivity index (χ3n) is 2.78. The lowest BCUT2D eigenvalue weighted by Crippen LogP contribution is -2.04. The number of rotatable bonds is 2. The van der Waals surface area contributed by atoms with Gasteiger partial charge in [0.15, 0.2) is 5.82 Å². The van der Waals surface area contributed by atoms with Crippen molar-refractivity contribution in [2.45, 2.75) is 20.3 Å². The molecule has 1 aromatic heterocycles. The molecule has 0 saturated carbocycles. The van der Waals surface area contributed by atoms with Gasteiger partial charge in [-0.05, 0) is 31.5 Å². The number of halogens is 2. The summed E-state index contributed by atoms with van der Waals surface area (Å²) < 4.78 is 13.4. The average molecular weight is 266 g/mol. The van der Waals surface area contributed by atoms with Crippen LogP contribution in [0, 0.1) is 12.7 Å². The molecular weight excluding hydrogens is 253 g/mol. The zero-order valence-electron chi connectivity index (χ0n) is 10.2. The summed E-state index contributed by atoms with van der Waals surface area (Å²) in [5, 5.41) is 0.0774. The highest BCUT2D eigenvalue weighted by Gasteiger charge is 2.10. The number of nitrogens with zero attached hydrogens (tertiary/aromatic N) is 2. The number of nitrogen functional groups attached to an aromatic ring is 1. The highest BCUT2D eigenvalue weighted by molar-refractivity contribution is 6.30. The van der Waals surface area contributed by atoms with Gasteiger partial charge in [-0.15, -0.1) is 0 Å². The molecule has 0 aliphatic heterocycles. The van der Waals surface area contributed by atoms with Crippen LogP contribution in [-0.2, 0) is 6.42 Å². The summed E-state index contributed by atoms with van der Waals surface area (Å²) in [5.74, 6) is 0.363. The number of benzene rings is 1. The summed E-state index contributed by atoms with van der Waals surface area (Å²) >= 11 is 5.64. The summed E-state index contributed by atoms with van der Waals surface area (Å²) in [6.07, 6.45) is 0.771. The van der Waals surface area contributed by atoms with Crippen LogP contribution in [0.3, 0.4) is 0 Å². The minimum Gasteiger partial charge on any atom is -0.383 e. The van der Waals surface area contributed by atoms with Gasteiger partial charge in [0.1, 0.15) is 11.6 Å². The number of anilines is 1. The Morgan fingerprint density at radius 1 is 1.33 bits per heavy atom. The van der Waals surface area contributed by atoms with E-state index in [1.54, 1.807) is 6.07 Å². The van der Waals surface area contributed by atoms with Crippen molar-refractivity contribution in [2.24, 2.45) is 0 Å². The van der Waals surface area contributed by atoms with Gasteiger partial charge < -0.3 is 5.73 Å². The van der Waals surface area contributed by atoms with Crippen molar-refractivity contribution in [3.05, 3.63) is 40.3 Å². The molecule has 5 heteroatoms.